The van der Waals surface area contributed by atoms with Crippen LogP contribution in [0.25, 0.3) is 11.8 Å². The zero-order valence-electron chi connectivity index (χ0n) is 22.9. The van der Waals surface area contributed by atoms with Crippen LogP contribution in [0, 0.1) is 0 Å². The fourth-order valence-electron chi connectivity index (χ4n) is 4.96. The Morgan fingerprint density at radius 3 is 2.63 bits per heavy atom. The molecule has 43 heavy (non-hydrogen) atoms. The first-order chi connectivity index (χ1) is 20.9. The molecule has 0 bridgehead atoms. The molecule has 0 radical (unpaired) electrons. The summed E-state index contributed by atoms with van der Waals surface area (Å²) in [7, 11) is 1.33. The van der Waals surface area contributed by atoms with E-state index in [1.807, 2.05) is 30.3 Å². The molecule has 0 unspecified atom stereocenters. The van der Waals surface area contributed by atoms with Crippen molar-refractivity contribution in [2.24, 2.45) is 4.99 Å². The maximum Gasteiger partial charge on any atom is 0.387 e. The van der Waals surface area contributed by atoms with Crippen LogP contribution in [-0.4, -0.2) is 37.7 Å². The number of nitrogens with zero attached hydrogens (tertiary/aromatic N) is 2. The van der Waals surface area contributed by atoms with Crippen LogP contribution in [0.3, 0.4) is 0 Å². The summed E-state index contributed by atoms with van der Waals surface area (Å²) < 4.78 is 53.7. The number of methoxy groups -OCH3 is 1. The summed E-state index contributed by atoms with van der Waals surface area (Å²) in [5, 5.41) is 0. The lowest BCUT2D eigenvalue weighted by Gasteiger charge is -2.26. The molecule has 0 saturated carbocycles. The maximum absolute atomic E-state index is 14.1. The lowest BCUT2D eigenvalue weighted by molar-refractivity contribution is -0.138. The first-order valence-corrected chi connectivity index (χ1v) is 14.0. The zero-order chi connectivity index (χ0) is 30.1. The first-order valence-electron chi connectivity index (χ1n) is 13.2. The van der Waals surface area contributed by atoms with Crippen molar-refractivity contribution in [3.63, 3.8) is 0 Å². The summed E-state index contributed by atoms with van der Waals surface area (Å²) in [5.41, 5.74) is 1.95. The Hall–Kier alpha value is -4.97. The highest BCUT2D eigenvalue weighted by Gasteiger charge is 2.36. The molecule has 6 rings (SSSR count). The Kier molecular flexibility index (Phi) is 7.68. The molecule has 3 heterocycles. The Morgan fingerprint density at radius 1 is 1.09 bits per heavy atom. The van der Waals surface area contributed by atoms with E-state index >= 15 is 0 Å². The molecular formula is C31H24F2N2O7S. The number of aromatic nitrogens is 1. The Morgan fingerprint density at radius 2 is 1.88 bits per heavy atom. The molecule has 0 fully saturated rings. The minimum Gasteiger partial charge on any atom is -0.493 e. The van der Waals surface area contributed by atoms with Crippen molar-refractivity contribution >= 4 is 29.1 Å². The molecule has 220 valence electrons. The van der Waals surface area contributed by atoms with Crippen LogP contribution >= 0.6 is 11.3 Å². The van der Waals surface area contributed by atoms with Crippen molar-refractivity contribution in [3.8, 4) is 23.0 Å². The van der Waals surface area contributed by atoms with Gasteiger partial charge in [0.05, 0.1) is 35.6 Å². The quantitative estimate of drug-likeness (QED) is 0.277. The van der Waals surface area contributed by atoms with Crippen LogP contribution in [0.15, 0.2) is 82.1 Å². The lowest BCUT2D eigenvalue weighted by atomic mass is 9.93. The third-order valence-corrected chi connectivity index (χ3v) is 7.77. The average molecular weight is 607 g/mol. The highest BCUT2D eigenvalue weighted by atomic mass is 32.1. The van der Waals surface area contributed by atoms with Gasteiger partial charge in [-0.3, -0.25) is 9.36 Å². The molecule has 0 spiro atoms. The number of hydrogen-bond donors (Lipinski definition) is 0. The summed E-state index contributed by atoms with van der Waals surface area (Å²) in [6.45, 7) is -1.14. The lowest BCUT2D eigenvalue weighted by Crippen LogP contribution is -2.40. The largest absolute Gasteiger partial charge is 0.493 e. The summed E-state index contributed by atoms with van der Waals surface area (Å²) in [6.07, 6.45) is 1.60. The average Bonchev–Trinajstić information content (AvgIpc) is 3.60. The van der Waals surface area contributed by atoms with Crippen molar-refractivity contribution in [2.45, 2.75) is 19.6 Å². The van der Waals surface area contributed by atoms with Gasteiger partial charge in [0.25, 0.3) is 5.56 Å². The molecule has 0 saturated heterocycles. The number of halogens is 2. The highest BCUT2D eigenvalue weighted by molar-refractivity contribution is 7.07. The zero-order valence-corrected chi connectivity index (χ0v) is 23.7. The number of fused-ring (bicyclic) bond motifs is 2. The van der Waals surface area contributed by atoms with E-state index in [2.05, 4.69) is 4.74 Å². The second-order valence-corrected chi connectivity index (χ2v) is 10.3. The molecule has 1 aromatic heterocycles. The van der Waals surface area contributed by atoms with Gasteiger partial charge in [0.15, 0.2) is 27.8 Å². The smallest absolute Gasteiger partial charge is 0.387 e. The van der Waals surface area contributed by atoms with Gasteiger partial charge in [0, 0.05) is 5.56 Å². The Labute approximate surface area is 247 Å². The number of carbonyl (C=O) groups is 1. The number of ether oxygens (including phenoxy) is 5. The molecule has 4 aromatic rings. The van der Waals surface area contributed by atoms with Gasteiger partial charge in [-0.25, -0.2) is 9.79 Å². The minimum atomic E-state index is -3.02. The fourth-order valence-corrected chi connectivity index (χ4v) is 5.96. The van der Waals surface area contributed by atoms with Crippen LogP contribution in [0.5, 0.6) is 23.0 Å². The number of benzene rings is 3. The third kappa shape index (κ3) is 5.37. The van der Waals surface area contributed by atoms with Crippen LogP contribution in [0.4, 0.5) is 8.78 Å². The van der Waals surface area contributed by atoms with Crippen LogP contribution < -0.4 is 33.8 Å². The maximum atomic E-state index is 14.1. The standard InChI is InChI=1S/C31H24F2N2O7S/c1-3-39-29(37)25-26(18-7-5-4-6-8-18)34-31-35(27(25)19-10-12-20-23(15-19)41-16-40-20)28(36)24(43-31)14-17-9-11-21(42-30(32)33)22(13-17)38-2/h4-15,27,30H,3,16H2,1-2H3/b24-14+/t27-/m0/s1. The van der Waals surface area contributed by atoms with E-state index in [1.165, 1.54) is 29.9 Å². The Balaban J connectivity index is 1.58. The first kappa shape index (κ1) is 28.2. The molecule has 3 aromatic carbocycles. The predicted octanol–water partition coefficient (Wildman–Crippen LogP) is 4.27. The summed E-state index contributed by atoms with van der Waals surface area (Å²) in [4.78, 5) is 32.8. The molecule has 2 aliphatic rings. The van der Waals surface area contributed by atoms with Gasteiger partial charge >= 0.3 is 12.6 Å². The minimum absolute atomic E-state index is 0.0575. The highest BCUT2D eigenvalue weighted by Crippen LogP contribution is 2.40. The van der Waals surface area contributed by atoms with E-state index in [0.29, 0.717) is 43.2 Å². The Bertz CT molecular complexity index is 1920. The van der Waals surface area contributed by atoms with Gasteiger partial charge in [-0.15, -0.1) is 0 Å². The van der Waals surface area contributed by atoms with Crippen molar-refractivity contribution in [2.75, 3.05) is 20.5 Å². The topological polar surface area (TPSA) is 97.6 Å². The van der Waals surface area contributed by atoms with Gasteiger partial charge in [-0.05, 0) is 48.4 Å². The third-order valence-electron chi connectivity index (χ3n) is 6.79. The van der Waals surface area contributed by atoms with Gasteiger partial charge in [-0.1, -0.05) is 53.8 Å². The van der Waals surface area contributed by atoms with Crippen LogP contribution in [0.1, 0.15) is 29.7 Å². The molecule has 12 heteroatoms. The van der Waals surface area contributed by atoms with Crippen molar-refractivity contribution in [3.05, 3.63) is 109 Å². The van der Waals surface area contributed by atoms with E-state index in [4.69, 9.17) is 23.9 Å². The van der Waals surface area contributed by atoms with Crippen molar-refractivity contribution in [1.82, 2.24) is 4.57 Å². The predicted molar refractivity (Wildman–Crippen MR) is 153 cm³/mol. The number of thiazole rings is 1. The summed E-state index contributed by atoms with van der Waals surface area (Å²) >= 11 is 1.13. The summed E-state index contributed by atoms with van der Waals surface area (Å²) in [6, 6.07) is 17.9. The number of alkyl halides is 2. The number of rotatable bonds is 8. The molecule has 9 nitrogen and oxygen atoms in total. The van der Waals surface area contributed by atoms with E-state index in [-0.39, 0.29) is 30.5 Å². The molecule has 0 aliphatic carbocycles. The van der Waals surface area contributed by atoms with Gasteiger partial charge in [-0.2, -0.15) is 8.78 Å². The van der Waals surface area contributed by atoms with E-state index < -0.39 is 24.2 Å². The number of esters is 1. The van der Waals surface area contributed by atoms with Crippen molar-refractivity contribution < 1.29 is 37.3 Å². The molecule has 2 aliphatic heterocycles. The second-order valence-electron chi connectivity index (χ2n) is 9.33. The summed E-state index contributed by atoms with van der Waals surface area (Å²) in [5.74, 6) is 0.372. The van der Waals surface area contributed by atoms with Crippen molar-refractivity contribution in [1.29, 1.82) is 0 Å². The second kappa shape index (κ2) is 11.7. The number of hydrogen-bond acceptors (Lipinski definition) is 9. The van der Waals surface area contributed by atoms with Gasteiger partial charge in [0.1, 0.15) is 0 Å². The van der Waals surface area contributed by atoms with E-state index in [0.717, 1.165) is 11.3 Å². The number of carbonyl (C=O) groups excluding carboxylic acids is 1. The van der Waals surface area contributed by atoms with Crippen LogP contribution in [0.2, 0.25) is 0 Å². The fraction of sp³-hybridized carbons (Fsp3) is 0.194. The molecule has 0 amide bonds. The normalized spacial score (nSPS) is 15.7. The van der Waals surface area contributed by atoms with E-state index in [1.54, 1.807) is 31.2 Å². The van der Waals surface area contributed by atoms with E-state index in [9.17, 15) is 18.4 Å². The SMILES string of the molecule is CCOC(=O)C1=C(c2ccccc2)N=c2s/c(=C/c3ccc(OC(F)F)c(OC)c3)c(=O)n2[C@H]1c1ccc2c(c1)OCO2. The molecule has 0 N–H and O–H groups in total. The van der Waals surface area contributed by atoms with Gasteiger partial charge in [0.2, 0.25) is 6.79 Å². The monoisotopic (exact) mass is 606 g/mol. The molecule has 1 atom stereocenters. The van der Waals surface area contributed by atoms with Gasteiger partial charge < -0.3 is 23.7 Å². The molecular weight excluding hydrogens is 582 g/mol. The van der Waals surface area contributed by atoms with Crippen LogP contribution in [-0.2, 0) is 9.53 Å².